The summed E-state index contributed by atoms with van der Waals surface area (Å²) in [5.41, 5.74) is -0.128. The van der Waals surface area contributed by atoms with Gasteiger partial charge in [0.2, 0.25) is 5.82 Å². The summed E-state index contributed by atoms with van der Waals surface area (Å²) in [7, 11) is 2.07. The molecule has 1 amide bonds. The number of aromatic amines is 1. The summed E-state index contributed by atoms with van der Waals surface area (Å²) in [5.74, 6) is 0.781. The molecule has 0 aromatic carbocycles. The van der Waals surface area contributed by atoms with Crippen LogP contribution in [0.2, 0.25) is 0 Å². The lowest BCUT2D eigenvalue weighted by atomic mass is 9.96. The van der Waals surface area contributed by atoms with Gasteiger partial charge >= 0.3 is 0 Å². The fourth-order valence-electron chi connectivity index (χ4n) is 2.23. The molecular formula is C13H23N5O. The highest BCUT2D eigenvalue weighted by atomic mass is 16.2. The Kier molecular flexibility index (Phi) is 3.89. The third-order valence-corrected chi connectivity index (χ3v) is 3.36. The topological polar surface area (TPSA) is 73.9 Å². The summed E-state index contributed by atoms with van der Waals surface area (Å²) in [6.07, 6.45) is 2.13. The number of hydrogen-bond donors (Lipinski definition) is 2. The van der Waals surface area contributed by atoms with Crippen LogP contribution in [0.3, 0.4) is 0 Å². The van der Waals surface area contributed by atoms with E-state index in [0.717, 1.165) is 31.8 Å². The number of rotatable bonds is 2. The Bertz CT molecular complexity index is 448. The van der Waals surface area contributed by atoms with Crippen molar-refractivity contribution in [2.45, 2.75) is 45.1 Å². The van der Waals surface area contributed by atoms with Crippen LogP contribution in [0.15, 0.2) is 0 Å². The van der Waals surface area contributed by atoms with E-state index in [9.17, 15) is 4.79 Å². The molecular weight excluding hydrogens is 242 g/mol. The first-order valence-electron chi connectivity index (χ1n) is 6.78. The Hall–Kier alpha value is -1.43. The van der Waals surface area contributed by atoms with Gasteiger partial charge in [0, 0.05) is 18.0 Å². The maximum atomic E-state index is 12.1. The Balaban J connectivity index is 1.98. The van der Waals surface area contributed by atoms with Crippen LogP contribution in [-0.2, 0) is 5.41 Å². The van der Waals surface area contributed by atoms with Gasteiger partial charge < -0.3 is 10.2 Å². The number of likely N-dealkylation sites (N-methyl/N-ethyl adjacent to an activating group) is 1. The standard InChI is InChI=1S/C13H23N5O/c1-13(2,3)12-15-10(16-17-12)11(19)14-9-6-5-7-18(4)8-9/h9H,5-8H2,1-4H3,(H,14,19)(H,15,16,17). The van der Waals surface area contributed by atoms with E-state index in [1.807, 2.05) is 20.8 Å². The van der Waals surface area contributed by atoms with Gasteiger partial charge in [-0.25, -0.2) is 4.98 Å². The Morgan fingerprint density at radius 3 is 2.79 bits per heavy atom. The maximum absolute atomic E-state index is 12.1. The zero-order valence-electron chi connectivity index (χ0n) is 12.2. The van der Waals surface area contributed by atoms with Crippen molar-refractivity contribution in [3.05, 3.63) is 11.6 Å². The zero-order valence-corrected chi connectivity index (χ0v) is 12.2. The molecule has 1 atom stereocenters. The van der Waals surface area contributed by atoms with Gasteiger partial charge in [-0.05, 0) is 26.4 Å². The van der Waals surface area contributed by atoms with Crippen LogP contribution in [0.25, 0.3) is 0 Å². The van der Waals surface area contributed by atoms with Gasteiger partial charge in [0.15, 0.2) is 0 Å². The normalized spacial score (nSPS) is 21.4. The number of piperidine rings is 1. The van der Waals surface area contributed by atoms with Crippen LogP contribution in [0.1, 0.15) is 50.1 Å². The minimum absolute atomic E-state index is 0.128. The maximum Gasteiger partial charge on any atom is 0.291 e. The highest BCUT2D eigenvalue weighted by molar-refractivity contribution is 5.90. The van der Waals surface area contributed by atoms with Crippen molar-refractivity contribution in [1.82, 2.24) is 25.4 Å². The highest BCUT2D eigenvalue weighted by Crippen LogP contribution is 2.17. The highest BCUT2D eigenvalue weighted by Gasteiger charge is 2.24. The molecule has 0 spiro atoms. The predicted octanol–water partition coefficient (Wildman–Crippen LogP) is 0.926. The molecule has 1 aliphatic heterocycles. The average Bonchev–Trinajstić information content (AvgIpc) is 2.77. The van der Waals surface area contributed by atoms with Gasteiger partial charge in [0.1, 0.15) is 5.82 Å². The molecule has 0 bridgehead atoms. The molecule has 2 rings (SSSR count). The molecule has 0 saturated carbocycles. The molecule has 106 valence electrons. The van der Waals surface area contributed by atoms with E-state index in [1.165, 1.54) is 0 Å². The van der Waals surface area contributed by atoms with Crippen LogP contribution >= 0.6 is 0 Å². The van der Waals surface area contributed by atoms with Crippen molar-refractivity contribution in [1.29, 1.82) is 0 Å². The molecule has 1 saturated heterocycles. The Morgan fingerprint density at radius 2 is 2.21 bits per heavy atom. The summed E-state index contributed by atoms with van der Waals surface area (Å²) < 4.78 is 0. The lowest BCUT2D eigenvalue weighted by Crippen LogP contribution is -2.46. The van der Waals surface area contributed by atoms with Crippen molar-refractivity contribution < 1.29 is 4.79 Å². The summed E-state index contributed by atoms with van der Waals surface area (Å²) in [4.78, 5) is 18.6. The number of likely N-dealkylation sites (tertiary alicyclic amines) is 1. The lowest BCUT2D eigenvalue weighted by Gasteiger charge is -2.29. The zero-order chi connectivity index (χ0) is 14.0. The number of nitrogens with zero attached hydrogens (tertiary/aromatic N) is 3. The van der Waals surface area contributed by atoms with Crippen molar-refractivity contribution in [3.8, 4) is 0 Å². The first-order chi connectivity index (χ1) is 8.86. The second kappa shape index (κ2) is 5.28. The van der Waals surface area contributed by atoms with E-state index in [1.54, 1.807) is 0 Å². The first kappa shape index (κ1) is 14.0. The van der Waals surface area contributed by atoms with Gasteiger partial charge in [0.05, 0.1) is 0 Å². The Morgan fingerprint density at radius 1 is 1.47 bits per heavy atom. The molecule has 0 aliphatic carbocycles. The average molecular weight is 265 g/mol. The van der Waals surface area contributed by atoms with E-state index < -0.39 is 0 Å². The molecule has 1 fully saturated rings. The summed E-state index contributed by atoms with van der Waals surface area (Å²) in [6, 6.07) is 0.197. The third kappa shape index (κ3) is 3.53. The predicted molar refractivity (Wildman–Crippen MR) is 73.1 cm³/mol. The second-order valence-corrected chi connectivity index (χ2v) is 6.33. The molecule has 2 heterocycles. The lowest BCUT2D eigenvalue weighted by molar-refractivity contribution is 0.0902. The van der Waals surface area contributed by atoms with E-state index in [4.69, 9.17) is 0 Å². The van der Waals surface area contributed by atoms with Crippen molar-refractivity contribution in [2.24, 2.45) is 0 Å². The van der Waals surface area contributed by atoms with E-state index in [2.05, 4.69) is 32.4 Å². The summed E-state index contributed by atoms with van der Waals surface area (Å²) in [5, 5.41) is 9.85. The molecule has 1 aliphatic rings. The minimum atomic E-state index is -0.188. The second-order valence-electron chi connectivity index (χ2n) is 6.33. The fraction of sp³-hybridized carbons (Fsp3) is 0.769. The third-order valence-electron chi connectivity index (χ3n) is 3.36. The Labute approximate surface area is 114 Å². The van der Waals surface area contributed by atoms with Crippen molar-refractivity contribution >= 4 is 5.91 Å². The van der Waals surface area contributed by atoms with Crippen LogP contribution in [0, 0.1) is 0 Å². The van der Waals surface area contributed by atoms with Crippen LogP contribution in [-0.4, -0.2) is 52.2 Å². The monoisotopic (exact) mass is 265 g/mol. The first-order valence-corrected chi connectivity index (χ1v) is 6.78. The van der Waals surface area contributed by atoms with Gasteiger partial charge in [-0.3, -0.25) is 9.89 Å². The van der Waals surface area contributed by atoms with E-state index >= 15 is 0 Å². The van der Waals surface area contributed by atoms with Gasteiger partial charge in [-0.1, -0.05) is 20.8 Å². The van der Waals surface area contributed by atoms with E-state index in [-0.39, 0.29) is 23.2 Å². The van der Waals surface area contributed by atoms with Gasteiger partial charge in [-0.15, -0.1) is 5.10 Å². The SMILES string of the molecule is CN1CCCC(NC(=O)c2n[nH]c(C(C)(C)C)n2)C1. The number of H-pyrrole nitrogens is 1. The number of aromatic nitrogens is 3. The minimum Gasteiger partial charge on any atom is -0.345 e. The number of amides is 1. The number of carbonyl (C=O) groups excluding carboxylic acids is 1. The molecule has 2 N–H and O–H groups in total. The summed E-state index contributed by atoms with van der Waals surface area (Å²) in [6.45, 7) is 8.09. The molecule has 6 heteroatoms. The number of carbonyl (C=O) groups is 1. The number of nitrogens with one attached hydrogen (secondary N) is 2. The fourth-order valence-corrected chi connectivity index (χ4v) is 2.23. The van der Waals surface area contributed by atoms with Crippen LogP contribution < -0.4 is 5.32 Å². The van der Waals surface area contributed by atoms with E-state index in [0.29, 0.717) is 0 Å². The largest absolute Gasteiger partial charge is 0.345 e. The molecule has 6 nitrogen and oxygen atoms in total. The van der Waals surface area contributed by atoms with Gasteiger partial charge in [-0.2, -0.15) is 0 Å². The molecule has 1 aromatic rings. The molecule has 1 unspecified atom stereocenters. The van der Waals surface area contributed by atoms with Crippen molar-refractivity contribution in [2.75, 3.05) is 20.1 Å². The molecule has 19 heavy (non-hydrogen) atoms. The summed E-state index contributed by atoms with van der Waals surface area (Å²) >= 11 is 0. The molecule has 1 aromatic heterocycles. The quantitative estimate of drug-likeness (QED) is 0.834. The smallest absolute Gasteiger partial charge is 0.291 e. The van der Waals surface area contributed by atoms with Gasteiger partial charge in [0.25, 0.3) is 5.91 Å². The van der Waals surface area contributed by atoms with Crippen LogP contribution in [0.4, 0.5) is 0 Å². The van der Waals surface area contributed by atoms with Crippen molar-refractivity contribution in [3.63, 3.8) is 0 Å². The van der Waals surface area contributed by atoms with Crippen LogP contribution in [0.5, 0.6) is 0 Å². The number of hydrogen-bond acceptors (Lipinski definition) is 4. The molecule has 0 radical (unpaired) electrons.